The Morgan fingerprint density at radius 3 is 2.78 bits per heavy atom. The molecular formula is C22H36N2O3. The predicted molar refractivity (Wildman–Crippen MR) is 110 cm³/mol. The van der Waals surface area contributed by atoms with Crippen molar-refractivity contribution in [2.75, 3.05) is 39.8 Å². The summed E-state index contributed by atoms with van der Waals surface area (Å²) in [5.41, 5.74) is 1.43. The number of carboxylic acid groups (broad SMARTS) is 1. The smallest absolute Gasteiger partial charge is 0.317 e. The molecule has 2 rings (SSSR count). The molecule has 5 heteroatoms. The summed E-state index contributed by atoms with van der Waals surface area (Å²) >= 11 is 0. The van der Waals surface area contributed by atoms with E-state index in [9.17, 15) is 4.79 Å². The third-order valence-electron chi connectivity index (χ3n) is 5.39. The van der Waals surface area contributed by atoms with E-state index < -0.39 is 5.97 Å². The molecule has 0 radical (unpaired) electrons. The van der Waals surface area contributed by atoms with Gasteiger partial charge in [0.2, 0.25) is 0 Å². The summed E-state index contributed by atoms with van der Waals surface area (Å²) in [7, 11) is 1.92. The van der Waals surface area contributed by atoms with Crippen molar-refractivity contribution in [1.29, 1.82) is 0 Å². The van der Waals surface area contributed by atoms with E-state index >= 15 is 0 Å². The molecule has 1 N–H and O–H groups in total. The Labute approximate surface area is 164 Å². The standard InChI is InChI=1S/C22H36N2O3/c1-22(2,3)18-8-5-10-20(16-18)27-15-7-13-24-12-6-9-19(11-14-24)23(4)17-21(25)26/h5,8,10,16,19H,6-7,9,11-15,17H2,1-4H3,(H,25,26). The molecule has 27 heavy (non-hydrogen) atoms. The number of benzene rings is 1. The first-order chi connectivity index (χ1) is 12.8. The number of likely N-dealkylation sites (tertiary alicyclic amines) is 1. The van der Waals surface area contributed by atoms with E-state index in [1.54, 1.807) is 0 Å². The second-order valence-electron chi connectivity index (χ2n) is 8.72. The summed E-state index contributed by atoms with van der Waals surface area (Å²) in [4.78, 5) is 15.4. The van der Waals surface area contributed by atoms with Crippen molar-refractivity contribution in [2.24, 2.45) is 0 Å². The van der Waals surface area contributed by atoms with Gasteiger partial charge in [0, 0.05) is 12.6 Å². The van der Waals surface area contributed by atoms with E-state index in [4.69, 9.17) is 9.84 Å². The normalized spacial score (nSPS) is 19.1. The molecule has 1 atom stereocenters. The van der Waals surface area contributed by atoms with Crippen LogP contribution >= 0.6 is 0 Å². The second kappa shape index (κ2) is 10.1. The van der Waals surface area contributed by atoms with Crippen LogP contribution in [0.15, 0.2) is 24.3 Å². The van der Waals surface area contributed by atoms with E-state index in [0.29, 0.717) is 6.04 Å². The zero-order valence-corrected chi connectivity index (χ0v) is 17.4. The van der Waals surface area contributed by atoms with Crippen LogP contribution < -0.4 is 4.74 Å². The van der Waals surface area contributed by atoms with Gasteiger partial charge in [0.25, 0.3) is 0 Å². The molecular weight excluding hydrogens is 340 g/mol. The number of likely N-dealkylation sites (N-methyl/N-ethyl adjacent to an activating group) is 1. The van der Waals surface area contributed by atoms with Gasteiger partial charge in [-0.15, -0.1) is 0 Å². The summed E-state index contributed by atoms with van der Waals surface area (Å²) in [5.74, 6) is 0.208. The minimum absolute atomic E-state index is 0.131. The molecule has 152 valence electrons. The Balaban J connectivity index is 1.71. The fraction of sp³-hybridized carbons (Fsp3) is 0.682. The van der Waals surface area contributed by atoms with Gasteiger partial charge in [-0.1, -0.05) is 32.9 Å². The lowest BCUT2D eigenvalue weighted by Crippen LogP contribution is -2.36. The molecule has 1 unspecified atom stereocenters. The van der Waals surface area contributed by atoms with Gasteiger partial charge in [0.1, 0.15) is 5.75 Å². The van der Waals surface area contributed by atoms with Gasteiger partial charge in [-0.05, 0) is 68.9 Å². The van der Waals surface area contributed by atoms with Crippen molar-refractivity contribution in [1.82, 2.24) is 9.80 Å². The van der Waals surface area contributed by atoms with Crippen LogP contribution in [0.25, 0.3) is 0 Å². The average molecular weight is 377 g/mol. The molecule has 0 bridgehead atoms. The zero-order chi connectivity index (χ0) is 19.9. The van der Waals surface area contributed by atoms with Crippen molar-refractivity contribution in [3.8, 4) is 5.75 Å². The maximum Gasteiger partial charge on any atom is 0.317 e. The third kappa shape index (κ3) is 7.51. The van der Waals surface area contributed by atoms with Gasteiger partial charge in [-0.3, -0.25) is 9.69 Å². The van der Waals surface area contributed by atoms with Crippen LogP contribution in [0.3, 0.4) is 0 Å². The lowest BCUT2D eigenvalue weighted by Gasteiger charge is -2.25. The Bertz CT molecular complexity index is 597. The van der Waals surface area contributed by atoms with E-state index in [1.165, 1.54) is 5.56 Å². The summed E-state index contributed by atoms with van der Waals surface area (Å²) in [5, 5.41) is 8.97. The van der Waals surface area contributed by atoms with E-state index in [2.05, 4.69) is 43.9 Å². The SMILES string of the molecule is CN(CC(=O)O)C1CCCN(CCCOc2cccc(C(C)(C)C)c2)CC1. The second-order valence-corrected chi connectivity index (χ2v) is 8.72. The molecule has 1 heterocycles. The zero-order valence-electron chi connectivity index (χ0n) is 17.4. The topological polar surface area (TPSA) is 53.0 Å². The number of rotatable bonds is 8. The molecule has 0 aromatic heterocycles. The fourth-order valence-electron chi connectivity index (χ4n) is 3.68. The highest BCUT2D eigenvalue weighted by molar-refractivity contribution is 5.69. The average Bonchev–Trinajstić information content (AvgIpc) is 2.83. The molecule has 1 fully saturated rings. The number of aliphatic carboxylic acids is 1. The molecule has 1 aliphatic rings. The molecule has 1 saturated heterocycles. The molecule has 5 nitrogen and oxygen atoms in total. The lowest BCUT2D eigenvalue weighted by atomic mass is 9.87. The van der Waals surface area contributed by atoms with Crippen LogP contribution in [0.2, 0.25) is 0 Å². The minimum Gasteiger partial charge on any atom is -0.494 e. The van der Waals surface area contributed by atoms with Gasteiger partial charge >= 0.3 is 5.97 Å². The van der Waals surface area contributed by atoms with Crippen molar-refractivity contribution >= 4 is 5.97 Å². The summed E-state index contributed by atoms with van der Waals surface area (Å²) in [6.45, 7) is 10.7. The number of hydrogen-bond donors (Lipinski definition) is 1. The minimum atomic E-state index is -0.744. The van der Waals surface area contributed by atoms with Gasteiger partial charge in [0.15, 0.2) is 0 Å². The molecule has 1 aromatic rings. The highest BCUT2D eigenvalue weighted by atomic mass is 16.5. The maximum absolute atomic E-state index is 10.9. The van der Waals surface area contributed by atoms with E-state index in [-0.39, 0.29) is 12.0 Å². The first kappa shape index (κ1) is 21.7. The number of carboxylic acids is 1. The predicted octanol–water partition coefficient (Wildman–Crippen LogP) is 3.62. The van der Waals surface area contributed by atoms with Crippen molar-refractivity contribution < 1.29 is 14.6 Å². The summed E-state index contributed by atoms with van der Waals surface area (Å²) in [6, 6.07) is 8.78. The lowest BCUT2D eigenvalue weighted by molar-refractivity contribution is -0.138. The van der Waals surface area contributed by atoms with E-state index in [1.807, 2.05) is 18.0 Å². The molecule has 0 saturated carbocycles. The fourth-order valence-corrected chi connectivity index (χ4v) is 3.68. The van der Waals surface area contributed by atoms with Crippen LogP contribution in [0, 0.1) is 0 Å². The highest BCUT2D eigenvalue weighted by Crippen LogP contribution is 2.25. The summed E-state index contributed by atoms with van der Waals surface area (Å²) < 4.78 is 5.97. The van der Waals surface area contributed by atoms with Crippen LogP contribution in [-0.4, -0.2) is 66.8 Å². The number of carbonyl (C=O) groups is 1. The molecule has 0 spiro atoms. The van der Waals surface area contributed by atoms with Crippen LogP contribution in [0.4, 0.5) is 0 Å². The molecule has 1 aromatic carbocycles. The summed E-state index contributed by atoms with van der Waals surface area (Å²) in [6.07, 6.45) is 4.26. The Kier molecular flexibility index (Phi) is 8.11. The van der Waals surface area contributed by atoms with Gasteiger partial charge < -0.3 is 14.7 Å². The van der Waals surface area contributed by atoms with Crippen LogP contribution in [0.1, 0.15) is 52.0 Å². The molecule has 0 amide bonds. The first-order valence-electron chi connectivity index (χ1n) is 10.1. The Morgan fingerprint density at radius 2 is 2.07 bits per heavy atom. The van der Waals surface area contributed by atoms with Crippen molar-refractivity contribution in [2.45, 2.75) is 57.9 Å². The Morgan fingerprint density at radius 1 is 1.30 bits per heavy atom. The van der Waals surface area contributed by atoms with Crippen LogP contribution in [-0.2, 0) is 10.2 Å². The van der Waals surface area contributed by atoms with Crippen molar-refractivity contribution in [3.05, 3.63) is 29.8 Å². The Hall–Kier alpha value is -1.59. The highest BCUT2D eigenvalue weighted by Gasteiger charge is 2.21. The van der Waals surface area contributed by atoms with Gasteiger partial charge in [-0.2, -0.15) is 0 Å². The monoisotopic (exact) mass is 376 g/mol. The number of nitrogens with zero attached hydrogens (tertiary/aromatic N) is 2. The van der Waals surface area contributed by atoms with Crippen molar-refractivity contribution in [3.63, 3.8) is 0 Å². The number of hydrogen-bond acceptors (Lipinski definition) is 4. The van der Waals surface area contributed by atoms with Gasteiger partial charge in [0.05, 0.1) is 13.2 Å². The quantitative estimate of drug-likeness (QED) is 0.702. The molecule has 0 aliphatic carbocycles. The van der Waals surface area contributed by atoms with Crippen LogP contribution in [0.5, 0.6) is 5.75 Å². The molecule has 1 aliphatic heterocycles. The van der Waals surface area contributed by atoms with E-state index in [0.717, 1.165) is 57.7 Å². The largest absolute Gasteiger partial charge is 0.494 e. The number of ether oxygens (including phenoxy) is 1. The maximum atomic E-state index is 10.9. The first-order valence-corrected chi connectivity index (χ1v) is 10.1. The third-order valence-corrected chi connectivity index (χ3v) is 5.39. The van der Waals surface area contributed by atoms with Gasteiger partial charge in [-0.25, -0.2) is 0 Å².